The standard InChI is InChI=1S/C14H18Br2N4/c1-4-10-13(16)12(20(3)19-10)8-11(17-2)14-9(15)6-5-7-18-14/h5-7,11,17H,4,8H2,1-3H3. The van der Waals surface area contributed by atoms with Gasteiger partial charge < -0.3 is 5.32 Å². The fraction of sp³-hybridized carbons (Fsp3) is 0.429. The normalized spacial score (nSPS) is 12.7. The monoisotopic (exact) mass is 400 g/mol. The third-order valence-electron chi connectivity index (χ3n) is 3.37. The Morgan fingerprint density at radius 1 is 1.40 bits per heavy atom. The topological polar surface area (TPSA) is 42.7 Å². The minimum atomic E-state index is 0.141. The summed E-state index contributed by atoms with van der Waals surface area (Å²) >= 11 is 7.24. The maximum Gasteiger partial charge on any atom is 0.0766 e. The molecule has 0 amide bonds. The number of aromatic nitrogens is 3. The third-order valence-corrected chi connectivity index (χ3v) is 4.95. The largest absolute Gasteiger partial charge is 0.311 e. The van der Waals surface area contributed by atoms with Crippen LogP contribution in [0.25, 0.3) is 0 Å². The van der Waals surface area contributed by atoms with E-state index in [1.54, 1.807) is 0 Å². The summed E-state index contributed by atoms with van der Waals surface area (Å²) in [6, 6.07) is 4.08. The van der Waals surface area contributed by atoms with Gasteiger partial charge in [0.1, 0.15) is 0 Å². The SMILES string of the molecule is CCc1nn(C)c(CC(NC)c2ncccc2Br)c1Br. The molecule has 1 atom stereocenters. The Balaban J connectivity index is 2.32. The van der Waals surface area contributed by atoms with Crippen LogP contribution in [0.5, 0.6) is 0 Å². The molecular weight excluding hydrogens is 384 g/mol. The van der Waals surface area contributed by atoms with Crippen LogP contribution < -0.4 is 5.32 Å². The van der Waals surface area contributed by atoms with E-state index in [9.17, 15) is 0 Å². The van der Waals surface area contributed by atoms with Gasteiger partial charge in [-0.1, -0.05) is 6.92 Å². The number of pyridine rings is 1. The number of halogens is 2. The van der Waals surface area contributed by atoms with E-state index in [0.29, 0.717) is 0 Å². The number of rotatable bonds is 5. The number of nitrogens with zero attached hydrogens (tertiary/aromatic N) is 3. The van der Waals surface area contributed by atoms with Gasteiger partial charge in [0.15, 0.2) is 0 Å². The van der Waals surface area contributed by atoms with E-state index >= 15 is 0 Å². The van der Waals surface area contributed by atoms with Crippen molar-refractivity contribution in [1.29, 1.82) is 0 Å². The first-order valence-corrected chi connectivity index (χ1v) is 8.15. The number of aryl methyl sites for hydroxylation is 2. The predicted molar refractivity (Wildman–Crippen MR) is 87.7 cm³/mol. The van der Waals surface area contributed by atoms with Crippen LogP contribution >= 0.6 is 31.9 Å². The second kappa shape index (κ2) is 6.83. The highest BCUT2D eigenvalue weighted by atomic mass is 79.9. The maximum atomic E-state index is 4.54. The number of likely N-dealkylation sites (N-methyl/N-ethyl adjacent to an activating group) is 1. The molecule has 0 radical (unpaired) electrons. The summed E-state index contributed by atoms with van der Waals surface area (Å²) in [6.07, 6.45) is 3.57. The summed E-state index contributed by atoms with van der Waals surface area (Å²) < 4.78 is 4.08. The van der Waals surface area contributed by atoms with Crippen LogP contribution in [-0.4, -0.2) is 21.8 Å². The zero-order chi connectivity index (χ0) is 14.7. The fourth-order valence-corrected chi connectivity index (χ4v) is 3.53. The minimum Gasteiger partial charge on any atom is -0.311 e. The second-order valence-electron chi connectivity index (χ2n) is 4.60. The molecule has 2 aromatic heterocycles. The summed E-state index contributed by atoms with van der Waals surface area (Å²) in [6.45, 7) is 2.11. The van der Waals surface area contributed by atoms with Crippen molar-refractivity contribution < 1.29 is 0 Å². The number of hydrogen-bond donors (Lipinski definition) is 1. The molecule has 6 heteroatoms. The molecule has 0 spiro atoms. The molecule has 4 nitrogen and oxygen atoms in total. The van der Waals surface area contributed by atoms with Crippen LogP contribution in [0.3, 0.4) is 0 Å². The van der Waals surface area contributed by atoms with Gasteiger partial charge in [-0.3, -0.25) is 9.67 Å². The minimum absolute atomic E-state index is 0.141. The van der Waals surface area contributed by atoms with Gasteiger partial charge in [0.2, 0.25) is 0 Å². The van der Waals surface area contributed by atoms with Gasteiger partial charge in [-0.05, 0) is 57.5 Å². The fourth-order valence-electron chi connectivity index (χ4n) is 2.22. The summed E-state index contributed by atoms with van der Waals surface area (Å²) in [4.78, 5) is 4.48. The average Bonchev–Trinajstić information content (AvgIpc) is 2.72. The zero-order valence-corrected chi connectivity index (χ0v) is 15.0. The Labute approximate surface area is 136 Å². The van der Waals surface area contributed by atoms with Crippen LogP contribution in [0.4, 0.5) is 0 Å². The molecule has 1 N–H and O–H groups in total. The maximum absolute atomic E-state index is 4.54. The van der Waals surface area contributed by atoms with Crippen molar-refractivity contribution in [3.05, 3.63) is 44.4 Å². The van der Waals surface area contributed by atoms with E-state index in [1.807, 2.05) is 37.1 Å². The molecule has 0 saturated carbocycles. The summed E-state index contributed by atoms with van der Waals surface area (Å²) in [5.74, 6) is 0. The Morgan fingerprint density at radius 3 is 2.70 bits per heavy atom. The first kappa shape index (κ1) is 15.7. The molecule has 0 bridgehead atoms. The van der Waals surface area contributed by atoms with Crippen molar-refractivity contribution in [3.63, 3.8) is 0 Å². The van der Waals surface area contributed by atoms with Gasteiger partial charge in [-0.15, -0.1) is 0 Å². The van der Waals surface area contributed by atoms with Crippen molar-refractivity contribution in [1.82, 2.24) is 20.1 Å². The summed E-state index contributed by atoms with van der Waals surface area (Å²) in [5.41, 5.74) is 3.29. The molecule has 2 heterocycles. The molecule has 2 aromatic rings. The Bertz CT molecular complexity index is 595. The third kappa shape index (κ3) is 3.13. The lowest BCUT2D eigenvalue weighted by Crippen LogP contribution is -2.21. The lowest BCUT2D eigenvalue weighted by atomic mass is 10.1. The lowest BCUT2D eigenvalue weighted by Gasteiger charge is -2.17. The zero-order valence-electron chi connectivity index (χ0n) is 11.8. The van der Waals surface area contributed by atoms with Crippen LogP contribution in [0.2, 0.25) is 0 Å². The highest BCUT2D eigenvalue weighted by Gasteiger charge is 2.20. The Morgan fingerprint density at radius 2 is 2.15 bits per heavy atom. The molecular formula is C14H18Br2N4. The molecule has 108 valence electrons. The van der Waals surface area contributed by atoms with Crippen molar-refractivity contribution in [3.8, 4) is 0 Å². The molecule has 0 aliphatic rings. The number of hydrogen-bond acceptors (Lipinski definition) is 3. The van der Waals surface area contributed by atoms with Crippen molar-refractivity contribution in [2.75, 3.05) is 7.05 Å². The van der Waals surface area contributed by atoms with Crippen molar-refractivity contribution in [2.45, 2.75) is 25.8 Å². The number of nitrogens with one attached hydrogen (secondary N) is 1. The molecule has 0 fully saturated rings. The lowest BCUT2D eigenvalue weighted by molar-refractivity contribution is 0.545. The Hall–Kier alpha value is -0.720. The van der Waals surface area contributed by atoms with E-state index in [0.717, 1.165) is 33.2 Å². The predicted octanol–water partition coefficient (Wildman–Crippen LogP) is 3.41. The van der Waals surface area contributed by atoms with Gasteiger partial charge in [-0.2, -0.15) is 5.10 Å². The van der Waals surface area contributed by atoms with Gasteiger partial charge in [0.05, 0.1) is 27.6 Å². The Kier molecular flexibility index (Phi) is 5.35. The van der Waals surface area contributed by atoms with E-state index in [1.165, 1.54) is 5.69 Å². The van der Waals surface area contributed by atoms with E-state index < -0.39 is 0 Å². The van der Waals surface area contributed by atoms with Gasteiger partial charge in [0.25, 0.3) is 0 Å². The first-order chi connectivity index (χ1) is 9.58. The van der Waals surface area contributed by atoms with E-state index in [2.05, 4.69) is 54.2 Å². The molecule has 0 aliphatic heterocycles. The van der Waals surface area contributed by atoms with Crippen LogP contribution in [0, 0.1) is 0 Å². The molecule has 1 unspecified atom stereocenters. The molecule has 0 aromatic carbocycles. The van der Waals surface area contributed by atoms with Gasteiger partial charge in [-0.25, -0.2) is 0 Å². The van der Waals surface area contributed by atoms with E-state index in [4.69, 9.17) is 0 Å². The van der Waals surface area contributed by atoms with Crippen LogP contribution in [-0.2, 0) is 19.9 Å². The van der Waals surface area contributed by atoms with Gasteiger partial charge >= 0.3 is 0 Å². The van der Waals surface area contributed by atoms with E-state index in [-0.39, 0.29) is 6.04 Å². The highest BCUT2D eigenvalue weighted by molar-refractivity contribution is 9.10. The molecule has 0 saturated heterocycles. The average molecular weight is 402 g/mol. The highest BCUT2D eigenvalue weighted by Crippen LogP contribution is 2.28. The van der Waals surface area contributed by atoms with Crippen LogP contribution in [0.15, 0.2) is 27.3 Å². The summed E-state index contributed by atoms with van der Waals surface area (Å²) in [5, 5.41) is 7.88. The first-order valence-electron chi connectivity index (χ1n) is 6.56. The van der Waals surface area contributed by atoms with Crippen molar-refractivity contribution in [2.24, 2.45) is 7.05 Å². The van der Waals surface area contributed by atoms with Crippen LogP contribution in [0.1, 0.15) is 30.0 Å². The quantitative estimate of drug-likeness (QED) is 0.834. The molecule has 20 heavy (non-hydrogen) atoms. The summed E-state index contributed by atoms with van der Waals surface area (Å²) in [7, 11) is 3.94. The smallest absolute Gasteiger partial charge is 0.0766 e. The molecule has 0 aliphatic carbocycles. The van der Waals surface area contributed by atoms with Crippen molar-refractivity contribution >= 4 is 31.9 Å². The second-order valence-corrected chi connectivity index (χ2v) is 6.25. The van der Waals surface area contributed by atoms with Gasteiger partial charge in [0, 0.05) is 24.1 Å². The molecule has 2 rings (SSSR count).